The highest BCUT2D eigenvalue weighted by Crippen LogP contribution is 2.27. The van der Waals surface area contributed by atoms with Gasteiger partial charge < -0.3 is 9.84 Å². The highest BCUT2D eigenvalue weighted by molar-refractivity contribution is 7.99. The number of hydrogen-bond donors (Lipinski definition) is 1. The Morgan fingerprint density at radius 1 is 1.26 bits per heavy atom. The first kappa shape index (κ1) is 13.2. The average Bonchev–Trinajstić information content (AvgIpc) is 2.88. The van der Waals surface area contributed by atoms with Gasteiger partial charge in [-0.3, -0.25) is 0 Å². The summed E-state index contributed by atoms with van der Waals surface area (Å²) in [4.78, 5) is 4.42. The summed E-state index contributed by atoms with van der Waals surface area (Å²) in [5, 5.41) is 8.46. The van der Waals surface area contributed by atoms with Crippen LogP contribution in [0.1, 0.15) is 11.9 Å². The van der Waals surface area contributed by atoms with E-state index in [-0.39, 0.29) is 6.04 Å². The maximum absolute atomic E-state index is 5.97. The molecule has 0 aliphatic carbocycles. The molecular weight excluding hydrogens is 305 g/mol. The third kappa shape index (κ3) is 3.05. The largest absolute Gasteiger partial charge is 0.337 e. The molecular formula is C12H11Cl2N3OS. The normalized spacial score (nSPS) is 19.6. The van der Waals surface area contributed by atoms with Crippen LogP contribution in [-0.4, -0.2) is 28.2 Å². The minimum Gasteiger partial charge on any atom is -0.337 e. The molecule has 100 valence electrons. The van der Waals surface area contributed by atoms with E-state index in [9.17, 15) is 0 Å². The third-order valence-corrected chi connectivity index (χ3v) is 4.28. The molecule has 3 rings (SSSR count). The number of nitrogens with one attached hydrogen (secondary N) is 1. The van der Waals surface area contributed by atoms with Gasteiger partial charge in [-0.15, -0.1) is 0 Å². The van der Waals surface area contributed by atoms with Gasteiger partial charge >= 0.3 is 0 Å². The summed E-state index contributed by atoms with van der Waals surface area (Å²) in [5.41, 5.74) is 0.760. The van der Waals surface area contributed by atoms with Crippen molar-refractivity contribution in [1.82, 2.24) is 15.5 Å². The fraction of sp³-hybridized carbons (Fsp3) is 0.333. The zero-order valence-electron chi connectivity index (χ0n) is 9.90. The van der Waals surface area contributed by atoms with Gasteiger partial charge in [0.2, 0.25) is 11.7 Å². The molecule has 1 unspecified atom stereocenters. The molecule has 2 heterocycles. The van der Waals surface area contributed by atoms with Crippen molar-refractivity contribution in [3.05, 3.63) is 34.1 Å². The Balaban J connectivity index is 1.87. The van der Waals surface area contributed by atoms with Gasteiger partial charge in [0, 0.05) is 33.7 Å². The van der Waals surface area contributed by atoms with Crippen LogP contribution in [0.15, 0.2) is 22.7 Å². The van der Waals surface area contributed by atoms with Crippen LogP contribution in [0.4, 0.5) is 0 Å². The van der Waals surface area contributed by atoms with Crippen molar-refractivity contribution in [1.29, 1.82) is 0 Å². The van der Waals surface area contributed by atoms with E-state index in [2.05, 4.69) is 15.5 Å². The van der Waals surface area contributed by atoms with Crippen LogP contribution >= 0.6 is 35.0 Å². The second-order valence-electron chi connectivity index (χ2n) is 4.20. The van der Waals surface area contributed by atoms with E-state index >= 15 is 0 Å². The van der Waals surface area contributed by atoms with Crippen LogP contribution in [0.5, 0.6) is 0 Å². The van der Waals surface area contributed by atoms with Crippen LogP contribution in [0.2, 0.25) is 10.0 Å². The second-order valence-corrected chi connectivity index (χ2v) is 6.22. The minimum absolute atomic E-state index is 0.120. The minimum atomic E-state index is 0.120. The standard InChI is InChI=1S/C12H11Cl2N3OS/c13-8-3-7(4-9(14)5-8)11-16-12(18-17-11)10-6-19-2-1-15-10/h3-5,10,15H,1-2,6H2. The molecule has 1 atom stereocenters. The molecule has 1 aliphatic rings. The van der Waals surface area contributed by atoms with Gasteiger partial charge in [-0.1, -0.05) is 28.4 Å². The molecule has 0 bridgehead atoms. The first-order valence-corrected chi connectivity index (χ1v) is 7.74. The number of rotatable bonds is 2. The van der Waals surface area contributed by atoms with Gasteiger partial charge in [0.15, 0.2) is 0 Å². The fourth-order valence-corrected chi connectivity index (χ4v) is 3.35. The van der Waals surface area contributed by atoms with E-state index in [0.29, 0.717) is 21.8 Å². The molecule has 0 saturated carbocycles. The van der Waals surface area contributed by atoms with E-state index < -0.39 is 0 Å². The van der Waals surface area contributed by atoms with Gasteiger partial charge in [-0.2, -0.15) is 16.7 Å². The summed E-state index contributed by atoms with van der Waals surface area (Å²) in [7, 11) is 0. The molecule has 1 fully saturated rings. The number of thioether (sulfide) groups is 1. The van der Waals surface area contributed by atoms with Gasteiger partial charge in [0.05, 0.1) is 6.04 Å². The van der Waals surface area contributed by atoms with Crippen LogP contribution in [0.3, 0.4) is 0 Å². The van der Waals surface area contributed by atoms with Crippen LogP contribution in [-0.2, 0) is 0 Å². The molecule has 0 amide bonds. The van der Waals surface area contributed by atoms with Gasteiger partial charge in [-0.25, -0.2) is 0 Å². The zero-order chi connectivity index (χ0) is 13.2. The zero-order valence-corrected chi connectivity index (χ0v) is 12.2. The van der Waals surface area contributed by atoms with E-state index in [0.717, 1.165) is 23.6 Å². The third-order valence-electron chi connectivity index (χ3n) is 2.78. The SMILES string of the molecule is Clc1cc(Cl)cc(-c2noc(C3CSCCN3)n2)c1. The van der Waals surface area contributed by atoms with Crippen molar-refractivity contribution in [2.24, 2.45) is 0 Å². The quantitative estimate of drug-likeness (QED) is 0.920. The maximum atomic E-state index is 5.97. The molecule has 0 radical (unpaired) electrons. The molecule has 1 aromatic carbocycles. The summed E-state index contributed by atoms with van der Waals surface area (Å²) >= 11 is 13.8. The Bertz CT molecular complexity index is 564. The lowest BCUT2D eigenvalue weighted by Gasteiger charge is -2.19. The molecule has 1 aromatic heterocycles. The van der Waals surface area contributed by atoms with Gasteiger partial charge in [-0.05, 0) is 18.2 Å². The van der Waals surface area contributed by atoms with Crippen molar-refractivity contribution in [2.45, 2.75) is 6.04 Å². The molecule has 1 N–H and O–H groups in total. The van der Waals surface area contributed by atoms with E-state index in [4.69, 9.17) is 27.7 Å². The lowest BCUT2D eigenvalue weighted by atomic mass is 10.2. The van der Waals surface area contributed by atoms with Crippen LogP contribution in [0, 0.1) is 0 Å². The highest BCUT2D eigenvalue weighted by Gasteiger charge is 2.21. The Morgan fingerprint density at radius 3 is 2.74 bits per heavy atom. The summed E-state index contributed by atoms with van der Waals surface area (Å²) in [6.45, 7) is 0.954. The molecule has 1 aliphatic heterocycles. The number of nitrogens with zero attached hydrogens (tertiary/aromatic N) is 2. The number of hydrogen-bond acceptors (Lipinski definition) is 5. The molecule has 7 heteroatoms. The van der Waals surface area contributed by atoms with Gasteiger partial charge in [0.25, 0.3) is 0 Å². The van der Waals surface area contributed by atoms with Crippen molar-refractivity contribution in [2.75, 3.05) is 18.1 Å². The number of aromatic nitrogens is 2. The molecule has 2 aromatic rings. The number of halogens is 2. The molecule has 0 spiro atoms. The Hall–Kier alpha value is -0.750. The molecule has 1 saturated heterocycles. The predicted octanol–water partition coefficient (Wildman–Crippen LogP) is 3.42. The van der Waals surface area contributed by atoms with E-state index in [1.807, 2.05) is 11.8 Å². The van der Waals surface area contributed by atoms with Crippen LogP contribution < -0.4 is 5.32 Å². The summed E-state index contributed by atoms with van der Waals surface area (Å²) in [6, 6.07) is 5.33. The average molecular weight is 316 g/mol. The highest BCUT2D eigenvalue weighted by atomic mass is 35.5. The predicted molar refractivity (Wildman–Crippen MR) is 77.8 cm³/mol. The van der Waals surface area contributed by atoms with Crippen LogP contribution in [0.25, 0.3) is 11.4 Å². The monoisotopic (exact) mass is 315 g/mol. The second kappa shape index (κ2) is 5.71. The Labute approximate surface area is 124 Å². The topological polar surface area (TPSA) is 51.0 Å². The summed E-state index contributed by atoms with van der Waals surface area (Å²) in [6.07, 6.45) is 0. The summed E-state index contributed by atoms with van der Waals surface area (Å²) in [5.74, 6) is 3.18. The Kier molecular flexibility index (Phi) is 3.98. The lowest BCUT2D eigenvalue weighted by Crippen LogP contribution is -2.30. The summed E-state index contributed by atoms with van der Waals surface area (Å²) < 4.78 is 5.32. The van der Waals surface area contributed by atoms with Crippen molar-refractivity contribution >= 4 is 35.0 Å². The molecule has 19 heavy (non-hydrogen) atoms. The Morgan fingerprint density at radius 2 is 2.05 bits per heavy atom. The lowest BCUT2D eigenvalue weighted by molar-refractivity contribution is 0.342. The molecule has 4 nitrogen and oxygen atoms in total. The van der Waals surface area contributed by atoms with E-state index in [1.54, 1.807) is 18.2 Å². The van der Waals surface area contributed by atoms with Crippen molar-refractivity contribution in [3.63, 3.8) is 0 Å². The van der Waals surface area contributed by atoms with Crippen molar-refractivity contribution < 1.29 is 4.52 Å². The first-order chi connectivity index (χ1) is 9.22. The first-order valence-electron chi connectivity index (χ1n) is 5.83. The fourth-order valence-electron chi connectivity index (χ4n) is 1.90. The van der Waals surface area contributed by atoms with Gasteiger partial charge in [0.1, 0.15) is 0 Å². The number of benzene rings is 1. The van der Waals surface area contributed by atoms with Crippen molar-refractivity contribution in [3.8, 4) is 11.4 Å². The smallest absolute Gasteiger partial charge is 0.244 e. The van der Waals surface area contributed by atoms with E-state index in [1.165, 1.54) is 0 Å². The maximum Gasteiger partial charge on any atom is 0.244 e.